The van der Waals surface area contributed by atoms with Crippen LogP contribution in [0.5, 0.6) is 0 Å². The lowest BCUT2D eigenvalue weighted by Crippen LogP contribution is -2.91. The van der Waals surface area contributed by atoms with Crippen LogP contribution in [0.4, 0.5) is 0 Å². The molecule has 0 amide bonds. The molecule has 8 rings (SSSR count). The minimum atomic E-state index is 0.929. The molecule has 8 saturated carbocycles. The largest absolute Gasteiger partial charge is 0.0654 e. The highest BCUT2D eigenvalue weighted by molar-refractivity contribution is 5.37. The Morgan fingerprint density at radius 3 is 1.90 bits per heavy atom. The normalized spacial score (nSPS) is 81.9. The monoisotopic (exact) mass is 280 g/mol. The van der Waals surface area contributed by atoms with Crippen molar-refractivity contribution in [3.8, 4) is 0 Å². The van der Waals surface area contributed by atoms with Crippen molar-refractivity contribution in [1.82, 2.24) is 0 Å². The first-order valence-electron chi connectivity index (χ1n) is 10.4. The van der Waals surface area contributed by atoms with Crippen LogP contribution in [0.3, 0.4) is 0 Å². The Bertz CT molecular complexity index is 579. The Labute approximate surface area is 128 Å². The fourth-order valence-electron chi connectivity index (χ4n) is 11.3. The fourth-order valence-corrected chi connectivity index (χ4v) is 11.3. The van der Waals surface area contributed by atoms with Gasteiger partial charge in [0.1, 0.15) is 0 Å². The summed E-state index contributed by atoms with van der Waals surface area (Å²) in [5.41, 5.74) is 0.929. The van der Waals surface area contributed by atoms with E-state index < -0.39 is 0 Å². The summed E-state index contributed by atoms with van der Waals surface area (Å²) in [5, 5.41) is 0. The number of hydrogen-bond donors (Lipinski definition) is 0. The molecule has 14 unspecified atom stereocenters. The van der Waals surface area contributed by atoms with E-state index in [1.54, 1.807) is 32.1 Å². The number of rotatable bonds is 2. The van der Waals surface area contributed by atoms with Crippen LogP contribution in [0.1, 0.15) is 45.4 Å². The maximum Gasteiger partial charge on any atom is -0.0232 e. The van der Waals surface area contributed by atoms with Crippen molar-refractivity contribution in [3.05, 3.63) is 0 Å². The van der Waals surface area contributed by atoms with E-state index in [0.717, 1.165) is 5.41 Å². The van der Waals surface area contributed by atoms with Crippen molar-refractivity contribution in [3.63, 3.8) is 0 Å². The molecule has 0 nitrogen and oxygen atoms in total. The first kappa shape index (κ1) is 10.7. The van der Waals surface area contributed by atoms with Crippen molar-refractivity contribution in [2.45, 2.75) is 45.4 Å². The standard InChI is InChI=1S/C21H28/c1-2-6-21-7-5-10(21)13-16-17-14-11-8-3-4-9(8)12(11)15(14)18(17)19(16)20(13)21/h8-20H,2-7H2,1H3. The number of hydrogen-bond acceptors (Lipinski definition) is 0. The molecule has 0 saturated heterocycles. The maximum absolute atomic E-state index is 2.44. The van der Waals surface area contributed by atoms with Crippen molar-refractivity contribution in [2.75, 3.05) is 0 Å². The number of fused-ring (bicyclic) bond motifs is 19. The lowest BCUT2D eigenvalue weighted by Gasteiger charge is -2.95. The van der Waals surface area contributed by atoms with Gasteiger partial charge in [0.2, 0.25) is 0 Å². The SMILES string of the molecule is CCCC12CCC1C1C3C4C5C6C7CCC7C6C5C4C3C12. The molecule has 8 fully saturated rings. The zero-order valence-corrected chi connectivity index (χ0v) is 13.2. The molecule has 0 aromatic heterocycles. The van der Waals surface area contributed by atoms with Gasteiger partial charge in [0.25, 0.3) is 0 Å². The van der Waals surface area contributed by atoms with Gasteiger partial charge in [0.05, 0.1) is 0 Å². The van der Waals surface area contributed by atoms with Crippen LogP contribution >= 0.6 is 0 Å². The topological polar surface area (TPSA) is 0 Å². The Balaban J connectivity index is 1.12. The van der Waals surface area contributed by atoms with E-state index in [-0.39, 0.29) is 0 Å². The van der Waals surface area contributed by atoms with Crippen molar-refractivity contribution in [2.24, 2.45) is 82.3 Å². The Morgan fingerprint density at radius 2 is 1.33 bits per heavy atom. The third-order valence-corrected chi connectivity index (χ3v) is 11.6. The van der Waals surface area contributed by atoms with Gasteiger partial charge in [-0.1, -0.05) is 13.3 Å². The fraction of sp³-hybridized carbons (Fsp3) is 1.00. The third kappa shape index (κ3) is 0.718. The van der Waals surface area contributed by atoms with Crippen LogP contribution in [0.25, 0.3) is 0 Å². The van der Waals surface area contributed by atoms with Crippen molar-refractivity contribution < 1.29 is 0 Å². The summed E-state index contributed by atoms with van der Waals surface area (Å²) in [5.74, 6) is 16.6. The molecule has 0 N–H and O–H groups in total. The van der Waals surface area contributed by atoms with E-state index in [2.05, 4.69) is 6.92 Å². The molecular weight excluding hydrogens is 252 g/mol. The highest BCUT2D eigenvalue weighted by Gasteiger charge is 2.90. The summed E-state index contributed by atoms with van der Waals surface area (Å²) in [4.78, 5) is 0. The third-order valence-electron chi connectivity index (χ3n) is 11.6. The second kappa shape index (κ2) is 2.78. The highest BCUT2D eigenvalue weighted by atomic mass is 14.9. The molecule has 21 heavy (non-hydrogen) atoms. The van der Waals surface area contributed by atoms with Gasteiger partial charge < -0.3 is 0 Å². The van der Waals surface area contributed by atoms with E-state index in [4.69, 9.17) is 0 Å². The molecule has 8 aliphatic carbocycles. The van der Waals surface area contributed by atoms with Crippen LogP contribution in [0.15, 0.2) is 0 Å². The maximum atomic E-state index is 2.44. The van der Waals surface area contributed by atoms with Gasteiger partial charge in [-0.25, -0.2) is 0 Å². The second-order valence-electron chi connectivity index (χ2n) is 10.8. The highest BCUT2D eigenvalue weighted by Crippen LogP contribution is 2.94. The van der Waals surface area contributed by atoms with Crippen LogP contribution in [0.2, 0.25) is 0 Å². The minimum Gasteiger partial charge on any atom is -0.0654 e. The van der Waals surface area contributed by atoms with E-state index in [0.29, 0.717) is 0 Å². The van der Waals surface area contributed by atoms with Gasteiger partial charge in [-0.2, -0.15) is 0 Å². The molecule has 0 heterocycles. The average molecular weight is 280 g/mol. The molecule has 0 aromatic carbocycles. The minimum absolute atomic E-state index is 0.929. The van der Waals surface area contributed by atoms with Crippen molar-refractivity contribution in [1.29, 1.82) is 0 Å². The van der Waals surface area contributed by atoms with Gasteiger partial charge in [-0.15, -0.1) is 0 Å². The molecule has 14 atom stereocenters. The molecule has 0 aromatic rings. The van der Waals surface area contributed by atoms with Crippen LogP contribution in [-0.4, -0.2) is 0 Å². The van der Waals surface area contributed by atoms with Gasteiger partial charge in [0.15, 0.2) is 0 Å². The zero-order valence-electron chi connectivity index (χ0n) is 13.2. The molecule has 112 valence electrons. The van der Waals surface area contributed by atoms with Crippen molar-refractivity contribution >= 4 is 0 Å². The summed E-state index contributed by atoms with van der Waals surface area (Å²) < 4.78 is 0. The van der Waals surface area contributed by atoms with E-state index in [9.17, 15) is 0 Å². The smallest absolute Gasteiger partial charge is 0.0232 e. The molecule has 0 aliphatic heterocycles. The predicted molar refractivity (Wildman–Crippen MR) is 81.2 cm³/mol. The molecular formula is C21H28. The molecule has 0 bridgehead atoms. The van der Waals surface area contributed by atoms with Gasteiger partial charge in [-0.3, -0.25) is 0 Å². The first-order valence-corrected chi connectivity index (χ1v) is 10.4. The summed E-state index contributed by atoms with van der Waals surface area (Å²) >= 11 is 0. The summed E-state index contributed by atoms with van der Waals surface area (Å²) in [6, 6.07) is 0. The lowest BCUT2D eigenvalue weighted by atomic mass is 9.09. The van der Waals surface area contributed by atoms with E-state index in [1.165, 1.54) is 83.4 Å². The quantitative estimate of drug-likeness (QED) is 0.655. The van der Waals surface area contributed by atoms with Crippen LogP contribution < -0.4 is 0 Å². The predicted octanol–water partition coefficient (Wildman–Crippen LogP) is 4.45. The summed E-state index contributed by atoms with van der Waals surface area (Å²) in [7, 11) is 0. The van der Waals surface area contributed by atoms with Crippen LogP contribution in [-0.2, 0) is 0 Å². The molecule has 0 spiro atoms. The molecule has 0 heteroatoms. The Hall–Kier alpha value is 0. The van der Waals surface area contributed by atoms with Gasteiger partial charge in [-0.05, 0) is 114 Å². The van der Waals surface area contributed by atoms with Gasteiger partial charge >= 0.3 is 0 Å². The van der Waals surface area contributed by atoms with E-state index in [1.807, 2.05) is 0 Å². The van der Waals surface area contributed by atoms with Crippen LogP contribution in [0, 0.1) is 82.3 Å². The Morgan fingerprint density at radius 1 is 0.714 bits per heavy atom. The lowest BCUT2D eigenvalue weighted by molar-refractivity contribution is -0.482. The Kier molecular flexibility index (Phi) is 1.42. The summed E-state index contributed by atoms with van der Waals surface area (Å²) in [6.07, 6.45) is 9.60. The second-order valence-corrected chi connectivity index (χ2v) is 10.8. The first-order chi connectivity index (χ1) is 10.4. The average Bonchev–Trinajstić information content (AvgIpc) is 2.41. The summed E-state index contributed by atoms with van der Waals surface area (Å²) in [6.45, 7) is 2.44. The zero-order chi connectivity index (χ0) is 13.2. The molecule has 0 radical (unpaired) electrons. The molecule has 8 aliphatic rings. The van der Waals surface area contributed by atoms with Gasteiger partial charge in [0, 0.05) is 0 Å². The van der Waals surface area contributed by atoms with E-state index >= 15 is 0 Å².